The molecule has 0 aliphatic heterocycles. The van der Waals surface area contributed by atoms with Crippen molar-refractivity contribution in [1.29, 1.82) is 0 Å². The third kappa shape index (κ3) is 7.86. The first-order valence-corrected chi connectivity index (χ1v) is 12.4. The van der Waals surface area contributed by atoms with Gasteiger partial charge in [-0.15, -0.1) is 0 Å². The van der Waals surface area contributed by atoms with Crippen LogP contribution >= 0.6 is 0 Å². The van der Waals surface area contributed by atoms with Gasteiger partial charge in [-0.3, -0.25) is 4.79 Å². The molecule has 184 valence electrons. The maximum atomic E-state index is 12.7. The molecule has 0 heterocycles. The lowest BCUT2D eigenvalue weighted by atomic mass is 9.99. The summed E-state index contributed by atoms with van der Waals surface area (Å²) in [5, 5.41) is 2.59. The molecule has 0 aliphatic rings. The summed E-state index contributed by atoms with van der Waals surface area (Å²) < 4.78 is 40.6. The molecule has 0 spiro atoms. The van der Waals surface area contributed by atoms with Gasteiger partial charge in [-0.25, -0.2) is 4.79 Å². The van der Waals surface area contributed by atoms with Crippen molar-refractivity contribution in [2.45, 2.75) is 37.4 Å². The summed E-state index contributed by atoms with van der Waals surface area (Å²) >= 11 is 0. The standard InChI is InChI=1S/C26H27NO7S/c1-19(2)33-25(28)24(17-27-26(29)32-18-20-9-5-3-6-10-20)21-13-15-22(16-14-21)34-35(30,31)23-11-7-4-8-12-23/h3-16,19,24H,17-18H2,1-2H3,(H,27,29). The van der Waals surface area contributed by atoms with Gasteiger partial charge in [0.2, 0.25) is 0 Å². The van der Waals surface area contributed by atoms with Crippen molar-refractivity contribution in [3.8, 4) is 5.75 Å². The Morgan fingerprint density at radius 1 is 0.857 bits per heavy atom. The van der Waals surface area contributed by atoms with Crippen LogP contribution < -0.4 is 9.50 Å². The smallest absolute Gasteiger partial charge is 0.407 e. The van der Waals surface area contributed by atoms with Gasteiger partial charge in [0.1, 0.15) is 17.3 Å². The lowest BCUT2D eigenvalue weighted by molar-refractivity contribution is -0.149. The number of alkyl carbamates (subject to hydrolysis) is 1. The number of carbonyl (C=O) groups is 2. The van der Waals surface area contributed by atoms with Gasteiger partial charge in [0, 0.05) is 6.54 Å². The van der Waals surface area contributed by atoms with E-state index in [2.05, 4.69) is 5.32 Å². The van der Waals surface area contributed by atoms with E-state index in [4.69, 9.17) is 13.7 Å². The summed E-state index contributed by atoms with van der Waals surface area (Å²) in [5.74, 6) is -1.28. The molecule has 0 saturated heterocycles. The van der Waals surface area contributed by atoms with Gasteiger partial charge in [0.05, 0.1) is 12.0 Å². The predicted molar refractivity (Wildman–Crippen MR) is 129 cm³/mol. The highest BCUT2D eigenvalue weighted by Crippen LogP contribution is 2.24. The average molecular weight is 498 g/mol. The minimum atomic E-state index is -3.99. The van der Waals surface area contributed by atoms with E-state index in [1.807, 2.05) is 30.3 Å². The molecule has 3 aromatic carbocycles. The van der Waals surface area contributed by atoms with E-state index in [1.165, 1.54) is 24.3 Å². The second-order valence-electron chi connectivity index (χ2n) is 7.90. The lowest BCUT2D eigenvalue weighted by Crippen LogP contribution is -2.33. The number of nitrogens with one attached hydrogen (secondary N) is 1. The minimum absolute atomic E-state index is 0.0284. The third-order valence-electron chi connectivity index (χ3n) is 4.82. The number of amides is 1. The van der Waals surface area contributed by atoms with Gasteiger partial charge in [0.15, 0.2) is 0 Å². The van der Waals surface area contributed by atoms with Crippen molar-refractivity contribution >= 4 is 22.2 Å². The van der Waals surface area contributed by atoms with Crippen LogP contribution in [0.2, 0.25) is 0 Å². The number of hydrogen-bond acceptors (Lipinski definition) is 7. The van der Waals surface area contributed by atoms with Crippen LogP contribution in [0.15, 0.2) is 89.8 Å². The van der Waals surface area contributed by atoms with Crippen molar-refractivity contribution in [1.82, 2.24) is 5.32 Å². The molecule has 0 aliphatic carbocycles. The molecule has 0 fully saturated rings. The van der Waals surface area contributed by atoms with Crippen molar-refractivity contribution in [2.24, 2.45) is 0 Å². The molecule has 1 unspecified atom stereocenters. The first-order valence-electron chi connectivity index (χ1n) is 11.0. The number of ether oxygens (including phenoxy) is 2. The van der Waals surface area contributed by atoms with Crippen LogP contribution in [-0.2, 0) is 31.0 Å². The van der Waals surface area contributed by atoms with E-state index in [0.29, 0.717) is 5.56 Å². The molecule has 35 heavy (non-hydrogen) atoms. The Kier molecular flexibility index (Phi) is 8.86. The molecule has 8 nitrogen and oxygen atoms in total. The van der Waals surface area contributed by atoms with Crippen molar-refractivity contribution in [2.75, 3.05) is 6.54 Å². The number of hydrogen-bond donors (Lipinski definition) is 1. The molecule has 0 aromatic heterocycles. The monoisotopic (exact) mass is 497 g/mol. The molecular weight excluding hydrogens is 470 g/mol. The molecule has 9 heteroatoms. The largest absolute Gasteiger partial charge is 0.462 e. The Morgan fingerprint density at radius 2 is 1.46 bits per heavy atom. The lowest BCUT2D eigenvalue weighted by Gasteiger charge is -2.19. The van der Waals surface area contributed by atoms with Gasteiger partial charge < -0.3 is 19.0 Å². The Balaban J connectivity index is 1.67. The summed E-state index contributed by atoms with van der Waals surface area (Å²) in [6.07, 6.45) is -1.03. The van der Waals surface area contributed by atoms with Crippen LogP contribution in [0.1, 0.15) is 30.9 Å². The highest BCUT2D eigenvalue weighted by atomic mass is 32.2. The van der Waals surface area contributed by atoms with Crippen LogP contribution in [0.25, 0.3) is 0 Å². The van der Waals surface area contributed by atoms with Crippen LogP contribution in [-0.4, -0.2) is 33.1 Å². The van der Waals surface area contributed by atoms with E-state index in [1.54, 1.807) is 44.2 Å². The van der Waals surface area contributed by atoms with E-state index in [-0.39, 0.29) is 29.9 Å². The molecule has 3 aromatic rings. The Bertz CT molecular complexity index is 1210. The zero-order chi connectivity index (χ0) is 25.3. The molecule has 0 radical (unpaired) electrons. The maximum absolute atomic E-state index is 12.7. The topological polar surface area (TPSA) is 108 Å². The van der Waals surface area contributed by atoms with Gasteiger partial charge in [-0.2, -0.15) is 8.42 Å². The highest BCUT2D eigenvalue weighted by molar-refractivity contribution is 7.87. The van der Waals surface area contributed by atoms with Crippen LogP contribution in [0.4, 0.5) is 4.79 Å². The van der Waals surface area contributed by atoms with Gasteiger partial charge in [-0.05, 0) is 49.2 Å². The highest BCUT2D eigenvalue weighted by Gasteiger charge is 2.25. The van der Waals surface area contributed by atoms with Crippen molar-refractivity contribution in [3.05, 3.63) is 96.1 Å². The second-order valence-corrected chi connectivity index (χ2v) is 9.45. The Hall–Kier alpha value is -3.85. The summed E-state index contributed by atoms with van der Waals surface area (Å²) in [5.41, 5.74) is 1.35. The minimum Gasteiger partial charge on any atom is -0.462 e. The molecular formula is C26H27NO7S. The number of rotatable bonds is 10. The molecule has 1 amide bonds. The number of benzene rings is 3. The van der Waals surface area contributed by atoms with E-state index < -0.39 is 28.1 Å². The van der Waals surface area contributed by atoms with E-state index >= 15 is 0 Å². The first-order chi connectivity index (χ1) is 16.7. The van der Waals surface area contributed by atoms with E-state index in [9.17, 15) is 18.0 Å². The quantitative estimate of drug-likeness (QED) is 0.326. The second kappa shape index (κ2) is 12.0. The fourth-order valence-electron chi connectivity index (χ4n) is 3.13. The zero-order valence-electron chi connectivity index (χ0n) is 19.4. The first kappa shape index (κ1) is 25.8. The molecule has 0 bridgehead atoms. The van der Waals surface area contributed by atoms with Gasteiger partial charge >= 0.3 is 22.2 Å². The third-order valence-corrected chi connectivity index (χ3v) is 6.08. The van der Waals surface area contributed by atoms with Gasteiger partial charge in [-0.1, -0.05) is 60.7 Å². The molecule has 1 atom stereocenters. The van der Waals surface area contributed by atoms with Crippen molar-refractivity contribution in [3.63, 3.8) is 0 Å². The number of esters is 1. The van der Waals surface area contributed by atoms with Crippen LogP contribution in [0, 0.1) is 0 Å². The maximum Gasteiger partial charge on any atom is 0.407 e. The Morgan fingerprint density at radius 3 is 2.06 bits per heavy atom. The van der Waals surface area contributed by atoms with Gasteiger partial charge in [0.25, 0.3) is 0 Å². The fourth-order valence-corrected chi connectivity index (χ4v) is 4.08. The normalized spacial score (nSPS) is 12.0. The summed E-state index contributed by atoms with van der Waals surface area (Å²) in [4.78, 5) is 24.9. The van der Waals surface area contributed by atoms with E-state index in [0.717, 1.165) is 5.56 Å². The molecule has 3 rings (SSSR count). The summed E-state index contributed by atoms with van der Waals surface area (Å²) in [6, 6.07) is 23.0. The summed E-state index contributed by atoms with van der Waals surface area (Å²) in [7, 11) is -3.99. The summed E-state index contributed by atoms with van der Waals surface area (Å²) in [6.45, 7) is 3.47. The zero-order valence-corrected chi connectivity index (χ0v) is 20.2. The van der Waals surface area contributed by atoms with Crippen molar-refractivity contribution < 1.29 is 31.7 Å². The fraction of sp³-hybridized carbons (Fsp3) is 0.231. The molecule has 1 N–H and O–H groups in total. The van der Waals surface area contributed by atoms with Crippen LogP contribution in [0.5, 0.6) is 5.75 Å². The SMILES string of the molecule is CC(C)OC(=O)C(CNC(=O)OCc1ccccc1)c1ccc(OS(=O)(=O)c2ccccc2)cc1. The number of carbonyl (C=O) groups excluding carboxylic acids is 2. The predicted octanol–water partition coefficient (Wildman–Crippen LogP) is 4.42. The Labute approximate surface area is 205 Å². The van der Waals surface area contributed by atoms with Crippen LogP contribution in [0.3, 0.4) is 0 Å². The average Bonchev–Trinajstić information content (AvgIpc) is 2.84. The molecule has 0 saturated carbocycles.